The molecule has 2 atom stereocenters. The molecule has 0 saturated heterocycles. The van der Waals surface area contributed by atoms with E-state index in [4.69, 9.17) is 0 Å². The van der Waals surface area contributed by atoms with Crippen molar-refractivity contribution < 1.29 is 0 Å². The van der Waals surface area contributed by atoms with E-state index in [1.54, 1.807) is 0 Å². The first-order chi connectivity index (χ1) is 7.74. The van der Waals surface area contributed by atoms with Gasteiger partial charge in [-0.05, 0) is 37.3 Å². The first-order valence-corrected chi connectivity index (χ1v) is 7.28. The van der Waals surface area contributed by atoms with Crippen molar-refractivity contribution in [3.8, 4) is 0 Å². The van der Waals surface area contributed by atoms with Crippen LogP contribution >= 0.6 is 11.8 Å². The van der Waals surface area contributed by atoms with Crippen molar-refractivity contribution in [2.45, 2.75) is 39.3 Å². The molecule has 0 spiro atoms. The van der Waals surface area contributed by atoms with E-state index < -0.39 is 0 Å². The first kappa shape index (κ1) is 13.6. The summed E-state index contributed by atoms with van der Waals surface area (Å²) in [6.07, 6.45) is 1.25. The summed E-state index contributed by atoms with van der Waals surface area (Å²) < 4.78 is 0. The van der Waals surface area contributed by atoms with E-state index in [9.17, 15) is 0 Å². The minimum Gasteiger partial charge on any atom is -0.308 e. The fourth-order valence-corrected chi connectivity index (χ4v) is 2.56. The zero-order valence-electron chi connectivity index (χ0n) is 10.6. The summed E-state index contributed by atoms with van der Waals surface area (Å²) in [6, 6.07) is 11.7. The third kappa shape index (κ3) is 5.04. The van der Waals surface area contributed by atoms with E-state index in [1.807, 2.05) is 11.8 Å². The van der Waals surface area contributed by atoms with Gasteiger partial charge < -0.3 is 5.32 Å². The first-order valence-electron chi connectivity index (χ1n) is 6.12. The van der Waals surface area contributed by atoms with Crippen molar-refractivity contribution in [2.24, 2.45) is 0 Å². The molecular formula is C14H23NS. The van der Waals surface area contributed by atoms with Crippen LogP contribution < -0.4 is 5.32 Å². The average molecular weight is 237 g/mol. The van der Waals surface area contributed by atoms with Crippen LogP contribution in [0.25, 0.3) is 0 Å². The van der Waals surface area contributed by atoms with Gasteiger partial charge in [0.2, 0.25) is 0 Å². The Morgan fingerprint density at radius 2 is 1.88 bits per heavy atom. The molecule has 1 nitrogen and oxygen atoms in total. The number of nitrogens with one attached hydrogen (secondary N) is 1. The van der Waals surface area contributed by atoms with Gasteiger partial charge in [0, 0.05) is 12.1 Å². The topological polar surface area (TPSA) is 12.0 Å². The van der Waals surface area contributed by atoms with Crippen LogP contribution in [0.15, 0.2) is 30.3 Å². The highest BCUT2D eigenvalue weighted by Crippen LogP contribution is 2.13. The maximum Gasteiger partial charge on any atom is 0.0294 e. The van der Waals surface area contributed by atoms with Crippen molar-refractivity contribution in [1.82, 2.24) is 5.32 Å². The normalized spacial score (nSPS) is 14.7. The minimum atomic E-state index is 0.447. The van der Waals surface area contributed by atoms with Crippen molar-refractivity contribution in [3.63, 3.8) is 0 Å². The zero-order chi connectivity index (χ0) is 11.8. The smallest absolute Gasteiger partial charge is 0.0294 e. The molecule has 0 heterocycles. The predicted molar refractivity (Wildman–Crippen MR) is 75.1 cm³/mol. The summed E-state index contributed by atoms with van der Waals surface area (Å²) >= 11 is 2.02. The maximum atomic E-state index is 3.64. The SMILES string of the molecule is CCSCCC(C)NC(C)c1ccccc1. The summed E-state index contributed by atoms with van der Waals surface area (Å²) in [5.74, 6) is 2.48. The van der Waals surface area contributed by atoms with E-state index in [0.29, 0.717) is 12.1 Å². The molecule has 0 aliphatic carbocycles. The quantitative estimate of drug-likeness (QED) is 0.723. The van der Waals surface area contributed by atoms with Gasteiger partial charge in [-0.15, -0.1) is 0 Å². The van der Waals surface area contributed by atoms with Crippen LogP contribution in [0.2, 0.25) is 0 Å². The van der Waals surface area contributed by atoms with Gasteiger partial charge in [-0.3, -0.25) is 0 Å². The number of benzene rings is 1. The third-order valence-corrected chi connectivity index (χ3v) is 3.67. The summed E-state index contributed by atoms with van der Waals surface area (Å²) in [4.78, 5) is 0. The zero-order valence-corrected chi connectivity index (χ0v) is 11.4. The van der Waals surface area contributed by atoms with Crippen LogP contribution in [0.3, 0.4) is 0 Å². The fraction of sp³-hybridized carbons (Fsp3) is 0.571. The Labute approximate surface area is 104 Å². The van der Waals surface area contributed by atoms with Crippen LogP contribution in [0.1, 0.15) is 38.8 Å². The number of thioether (sulfide) groups is 1. The van der Waals surface area contributed by atoms with E-state index >= 15 is 0 Å². The second-order valence-electron chi connectivity index (χ2n) is 4.19. The van der Waals surface area contributed by atoms with Gasteiger partial charge in [-0.1, -0.05) is 37.3 Å². The average Bonchev–Trinajstić information content (AvgIpc) is 2.30. The molecule has 2 unspecified atom stereocenters. The van der Waals surface area contributed by atoms with Gasteiger partial charge in [0.15, 0.2) is 0 Å². The molecule has 1 N–H and O–H groups in total. The number of rotatable bonds is 7. The molecule has 0 amide bonds. The summed E-state index contributed by atoms with van der Waals surface area (Å²) in [7, 11) is 0. The van der Waals surface area contributed by atoms with Gasteiger partial charge in [0.1, 0.15) is 0 Å². The molecule has 1 rings (SSSR count). The molecule has 1 aromatic carbocycles. The maximum absolute atomic E-state index is 3.64. The lowest BCUT2D eigenvalue weighted by Crippen LogP contribution is -2.29. The van der Waals surface area contributed by atoms with Gasteiger partial charge in [-0.25, -0.2) is 0 Å². The summed E-state index contributed by atoms with van der Waals surface area (Å²) in [5.41, 5.74) is 1.37. The molecule has 1 aromatic rings. The summed E-state index contributed by atoms with van der Waals surface area (Å²) in [6.45, 7) is 6.73. The van der Waals surface area contributed by atoms with Crippen molar-refractivity contribution in [2.75, 3.05) is 11.5 Å². The van der Waals surface area contributed by atoms with E-state index in [0.717, 1.165) is 0 Å². The predicted octanol–water partition coefficient (Wildman–Crippen LogP) is 3.87. The van der Waals surface area contributed by atoms with Crippen molar-refractivity contribution in [3.05, 3.63) is 35.9 Å². The highest BCUT2D eigenvalue weighted by atomic mass is 32.2. The standard InChI is InChI=1S/C14H23NS/c1-4-16-11-10-12(2)15-13(3)14-8-6-5-7-9-14/h5-9,12-13,15H,4,10-11H2,1-3H3. The highest BCUT2D eigenvalue weighted by molar-refractivity contribution is 7.99. The molecule has 16 heavy (non-hydrogen) atoms. The van der Waals surface area contributed by atoms with Gasteiger partial charge >= 0.3 is 0 Å². The minimum absolute atomic E-state index is 0.447. The lowest BCUT2D eigenvalue weighted by molar-refractivity contribution is 0.471. The van der Waals surface area contributed by atoms with Crippen LogP contribution in [-0.2, 0) is 0 Å². The van der Waals surface area contributed by atoms with Crippen molar-refractivity contribution >= 4 is 11.8 Å². The molecule has 2 heteroatoms. The number of hydrogen-bond acceptors (Lipinski definition) is 2. The van der Waals surface area contributed by atoms with E-state index in [-0.39, 0.29) is 0 Å². The largest absolute Gasteiger partial charge is 0.308 e. The second-order valence-corrected chi connectivity index (χ2v) is 5.58. The Bertz CT molecular complexity index is 273. The second kappa shape index (κ2) is 7.75. The van der Waals surface area contributed by atoms with E-state index in [1.165, 1.54) is 23.5 Å². The molecule has 0 fully saturated rings. The Balaban J connectivity index is 2.31. The Morgan fingerprint density at radius 3 is 2.50 bits per heavy atom. The molecule has 0 radical (unpaired) electrons. The highest BCUT2D eigenvalue weighted by Gasteiger charge is 2.08. The molecule has 0 bridgehead atoms. The molecule has 0 aliphatic heterocycles. The monoisotopic (exact) mass is 237 g/mol. The Hall–Kier alpha value is -0.470. The molecular weight excluding hydrogens is 214 g/mol. The number of hydrogen-bond donors (Lipinski definition) is 1. The lowest BCUT2D eigenvalue weighted by atomic mass is 10.1. The van der Waals surface area contributed by atoms with Gasteiger partial charge in [0.05, 0.1) is 0 Å². The lowest BCUT2D eigenvalue weighted by Gasteiger charge is -2.20. The van der Waals surface area contributed by atoms with Crippen LogP contribution in [-0.4, -0.2) is 17.5 Å². The molecule has 0 aromatic heterocycles. The molecule has 0 saturated carbocycles. The Kier molecular flexibility index (Phi) is 6.58. The molecule has 0 aliphatic rings. The van der Waals surface area contributed by atoms with Crippen LogP contribution in [0.4, 0.5) is 0 Å². The third-order valence-electron chi connectivity index (χ3n) is 2.73. The van der Waals surface area contributed by atoms with Crippen LogP contribution in [0.5, 0.6) is 0 Å². The van der Waals surface area contributed by atoms with Crippen LogP contribution in [0, 0.1) is 0 Å². The summed E-state index contributed by atoms with van der Waals surface area (Å²) in [5, 5.41) is 3.64. The van der Waals surface area contributed by atoms with Crippen molar-refractivity contribution in [1.29, 1.82) is 0 Å². The Morgan fingerprint density at radius 1 is 1.19 bits per heavy atom. The molecule has 90 valence electrons. The van der Waals surface area contributed by atoms with Gasteiger partial charge in [-0.2, -0.15) is 11.8 Å². The van der Waals surface area contributed by atoms with Gasteiger partial charge in [0.25, 0.3) is 0 Å². The fourth-order valence-electron chi connectivity index (χ4n) is 1.75. The van der Waals surface area contributed by atoms with E-state index in [2.05, 4.69) is 56.4 Å².